The van der Waals surface area contributed by atoms with Crippen LogP contribution in [0.5, 0.6) is 0 Å². The molecule has 2 heterocycles. The molecule has 20 heavy (non-hydrogen) atoms. The number of aromatic nitrogens is 2. The van der Waals surface area contributed by atoms with Gasteiger partial charge in [0.25, 0.3) is 0 Å². The summed E-state index contributed by atoms with van der Waals surface area (Å²) in [5, 5.41) is 3.60. The van der Waals surface area contributed by atoms with E-state index in [-0.39, 0.29) is 0 Å². The van der Waals surface area contributed by atoms with Crippen molar-refractivity contribution in [3.8, 4) is 5.69 Å². The zero-order valence-electron chi connectivity index (χ0n) is 12.0. The summed E-state index contributed by atoms with van der Waals surface area (Å²) in [6.45, 7) is 5.69. The van der Waals surface area contributed by atoms with Crippen molar-refractivity contribution in [2.75, 3.05) is 25.0 Å². The monoisotopic (exact) mass is 270 g/mol. The minimum Gasteiger partial charge on any atom is -0.351 e. The van der Waals surface area contributed by atoms with E-state index in [1.54, 1.807) is 0 Å². The summed E-state index contributed by atoms with van der Waals surface area (Å²) < 4.78 is 2.12. The minimum absolute atomic E-state index is 0.494. The molecule has 1 N–H and O–H groups in total. The van der Waals surface area contributed by atoms with Crippen LogP contribution in [0, 0.1) is 0 Å². The highest BCUT2D eigenvalue weighted by atomic mass is 15.2. The highest BCUT2D eigenvalue weighted by Crippen LogP contribution is 2.18. The molecular weight excluding hydrogens is 248 g/mol. The molecule has 0 amide bonds. The van der Waals surface area contributed by atoms with Gasteiger partial charge in [0.05, 0.1) is 0 Å². The van der Waals surface area contributed by atoms with E-state index in [2.05, 4.69) is 51.0 Å². The molecule has 1 fully saturated rings. The number of para-hydroxylation sites is 1. The molecule has 1 aromatic carbocycles. The van der Waals surface area contributed by atoms with Crippen LogP contribution in [-0.2, 0) is 0 Å². The molecule has 106 valence electrons. The Morgan fingerprint density at radius 1 is 1.30 bits per heavy atom. The van der Waals surface area contributed by atoms with Gasteiger partial charge in [0.15, 0.2) is 0 Å². The Morgan fingerprint density at radius 2 is 2.15 bits per heavy atom. The number of piperidine rings is 1. The van der Waals surface area contributed by atoms with Gasteiger partial charge >= 0.3 is 0 Å². The van der Waals surface area contributed by atoms with Crippen LogP contribution in [-0.4, -0.2) is 40.1 Å². The topological polar surface area (TPSA) is 33.1 Å². The number of anilines is 1. The van der Waals surface area contributed by atoms with Gasteiger partial charge in [0.1, 0.15) is 0 Å². The van der Waals surface area contributed by atoms with Crippen LogP contribution >= 0.6 is 0 Å². The van der Waals surface area contributed by atoms with Crippen molar-refractivity contribution in [3.05, 3.63) is 42.7 Å². The lowest BCUT2D eigenvalue weighted by Crippen LogP contribution is -2.42. The predicted molar refractivity (Wildman–Crippen MR) is 82.3 cm³/mol. The number of likely N-dealkylation sites (N-methyl/N-ethyl adjacent to an activating group) is 1. The highest BCUT2D eigenvalue weighted by Gasteiger charge is 2.19. The number of nitrogens with zero attached hydrogens (tertiary/aromatic N) is 3. The summed E-state index contributed by atoms with van der Waals surface area (Å²) in [4.78, 5) is 6.97. The molecule has 4 nitrogen and oxygen atoms in total. The normalized spacial score (nSPS) is 19.9. The fourth-order valence-electron chi connectivity index (χ4n) is 2.85. The number of hydrogen-bond acceptors (Lipinski definition) is 3. The van der Waals surface area contributed by atoms with Crippen molar-refractivity contribution in [2.24, 2.45) is 0 Å². The Kier molecular flexibility index (Phi) is 4.02. The summed E-state index contributed by atoms with van der Waals surface area (Å²) in [5.41, 5.74) is 1.15. The summed E-state index contributed by atoms with van der Waals surface area (Å²) in [7, 11) is 0. The quantitative estimate of drug-likeness (QED) is 0.927. The molecule has 1 aliphatic rings. The number of nitrogens with one attached hydrogen (secondary N) is 1. The molecule has 1 atom stereocenters. The lowest BCUT2D eigenvalue weighted by molar-refractivity contribution is 0.226. The smallest absolute Gasteiger partial charge is 0.207 e. The average molecular weight is 270 g/mol. The van der Waals surface area contributed by atoms with E-state index in [9.17, 15) is 0 Å². The Labute approximate surface area is 120 Å². The first kappa shape index (κ1) is 13.2. The van der Waals surface area contributed by atoms with Gasteiger partial charge in [0, 0.05) is 30.7 Å². The van der Waals surface area contributed by atoms with Crippen LogP contribution in [0.15, 0.2) is 42.7 Å². The van der Waals surface area contributed by atoms with Gasteiger partial charge in [0.2, 0.25) is 5.95 Å². The molecular formula is C16H22N4. The standard InChI is InChI=1S/C16H22N4/c1-2-19-11-6-7-14(13-19)18-16-17-10-12-20(16)15-8-4-3-5-9-15/h3-5,8-10,12,14H,2,6-7,11,13H2,1H3,(H,17,18). The molecule has 1 aliphatic heterocycles. The number of rotatable bonds is 4. The van der Waals surface area contributed by atoms with Crippen LogP contribution in [0.25, 0.3) is 5.69 Å². The molecule has 0 bridgehead atoms. The zero-order chi connectivity index (χ0) is 13.8. The van der Waals surface area contributed by atoms with E-state index in [1.165, 1.54) is 19.4 Å². The molecule has 0 radical (unpaired) electrons. The molecule has 0 aliphatic carbocycles. The Hall–Kier alpha value is -1.81. The SMILES string of the molecule is CCN1CCCC(Nc2nccn2-c2ccccc2)C1. The van der Waals surface area contributed by atoms with Crippen molar-refractivity contribution in [1.29, 1.82) is 0 Å². The fourth-order valence-corrected chi connectivity index (χ4v) is 2.85. The van der Waals surface area contributed by atoms with Crippen LogP contribution in [0.2, 0.25) is 0 Å². The van der Waals surface area contributed by atoms with E-state index < -0.39 is 0 Å². The third-order valence-electron chi connectivity index (χ3n) is 3.96. The van der Waals surface area contributed by atoms with Gasteiger partial charge in [-0.2, -0.15) is 0 Å². The Bertz CT molecular complexity index is 534. The van der Waals surface area contributed by atoms with Crippen molar-refractivity contribution in [3.63, 3.8) is 0 Å². The maximum absolute atomic E-state index is 4.47. The summed E-state index contributed by atoms with van der Waals surface area (Å²) in [6.07, 6.45) is 6.35. The predicted octanol–water partition coefficient (Wildman–Crippen LogP) is 2.77. The molecule has 1 aromatic heterocycles. The maximum atomic E-state index is 4.47. The lowest BCUT2D eigenvalue weighted by atomic mass is 10.1. The molecule has 0 spiro atoms. The molecule has 1 unspecified atom stereocenters. The fraction of sp³-hybridized carbons (Fsp3) is 0.438. The van der Waals surface area contributed by atoms with Gasteiger partial charge in [-0.1, -0.05) is 25.1 Å². The lowest BCUT2D eigenvalue weighted by Gasteiger charge is -2.32. The summed E-state index contributed by atoms with van der Waals surface area (Å²) >= 11 is 0. The van der Waals surface area contributed by atoms with Gasteiger partial charge in [-0.3, -0.25) is 4.57 Å². The van der Waals surface area contributed by atoms with E-state index in [4.69, 9.17) is 0 Å². The second kappa shape index (κ2) is 6.09. The Balaban J connectivity index is 1.74. The van der Waals surface area contributed by atoms with E-state index >= 15 is 0 Å². The van der Waals surface area contributed by atoms with Crippen LogP contribution in [0.1, 0.15) is 19.8 Å². The number of imidazole rings is 1. The van der Waals surface area contributed by atoms with Gasteiger partial charge < -0.3 is 10.2 Å². The van der Waals surface area contributed by atoms with Crippen molar-refractivity contribution >= 4 is 5.95 Å². The van der Waals surface area contributed by atoms with Gasteiger partial charge in [-0.15, -0.1) is 0 Å². The third-order valence-corrected chi connectivity index (χ3v) is 3.96. The van der Waals surface area contributed by atoms with Crippen LogP contribution in [0.4, 0.5) is 5.95 Å². The first-order chi connectivity index (χ1) is 9.86. The number of hydrogen-bond donors (Lipinski definition) is 1. The second-order valence-electron chi connectivity index (χ2n) is 5.33. The summed E-state index contributed by atoms with van der Waals surface area (Å²) in [6, 6.07) is 10.8. The first-order valence-electron chi connectivity index (χ1n) is 7.44. The van der Waals surface area contributed by atoms with E-state index in [0.29, 0.717) is 6.04 Å². The highest BCUT2D eigenvalue weighted by molar-refractivity contribution is 5.42. The largest absolute Gasteiger partial charge is 0.351 e. The molecule has 4 heteroatoms. The van der Waals surface area contributed by atoms with E-state index in [1.807, 2.05) is 18.5 Å². The zero-order valence-corrected chi connectivity index (χ0v) is 12.0. The van der Waals surface area contributed by atoms with Crippen molar-refractivity contribution < 1.29 is 0 Å². The van der Waals surface area contributed by atoms with Crippen LogP contribution < -0.4 is 5.32 Å². The van der Waals surface area contributed by atoms with Gasteiger partial charge in [-0.25, -0.2) is 4.98 Å². The van der Waals surface area contributed by atoms with Gasteiger partial charge in [-0.05, 0) is 38.1 Å². The van der Waals surface area contributed by atoms with Crippen molar-refractivity contribution in [2.45, 2.75) is 25.8 Å². The number of benzene rings is 1. The molecule has 1 saturated heterocycles. The van der Waals surface area contributed by atoms with E-state index in [0.717, 1.165) is 24.7 Å². The second-order valence-corrected chi connectivity index (χ2v) is 5.33. The third kappa shape index (κ3) is 2.85. The molecule has 0 saturated carbocycles. The Morgan fingerprint density at radius 3 is 2.95 bits per heavy atom. The average Bonchev–Trinajstić information content (AvgIpc) is 2.96. The molecule has 2 aromatic rings. The minimum atomic E-state index is 0.494. The molecule has 3 rings (SSSR count). The summed E-state index contributed by atoms with van der Waals surface area (Å²) in [5.74, 6) is 0.944. The maximum Gasteiger partial charge on any atom is 0.207 e. The first-order valence-corrected chi connectivity index (χ1v) is 7.44. The number of likely N-dealkylation sites (tertiary alicyclic amines) is 1. The van der Waals surface area contributed by atoms with Crippen LogP contribution in [0.3, 0.4) is 0 Å². The van der Waals surface area contributed by atoms with Crippen molar-refractivity contribution in [1.82, 2.24) is 14.5 Å².